The van der Waals surface area contributed by atoms with Crippen molar-refractivity contribution in [2.45, 2.75) is 57.6 Å². The Hall–Kier alpha value is -0.800. The van der Waals surface area contributed by atoms with Crippen LogP contribution in [0, 0.1) is 5.41 Å². The van der Waals surface area contributed by atoms with Crippen LogP contribution in [0.25, 0.3) is 0 Å². The summed E-state index contributed by atoms with van der Waals surface area (Å²) in [5.41, 5.74) is 0.330. The van der Waals surface area contributed by atoms with E-state index < -0.39 is 0 Å². The maximum absolute atomic E-state index is 6.21. The zero-order valence-electron chi connectivity index (χ0n) is 12.1. The van der Waals surface area contributed by atoms with Gasteiger partial charge < -0.3 is 10.1 Å². The fourth-order valence-electron chi connectivity index (χ4n) is 3.95. The maximum Gasteiger partial charge on any atom is 0.139 e. The first-order valence-electron chi connectivity index (χ1n) is 7.75. The number of ether oxygens (including phenoxy) is 1. The normalized spacial score (nSPS) is 28.1. The van der Waals surface area contributed by atoms with Crippen LogP contribution >= 0.6 is 11.6 Å². The fourth-order valence-corrected chi connectivity index (χ4v) is 4.11. The van der Waals surface area contributed by atoms with Crippen molar-refractivity contribution in [1.29, 1.82) is 0 Å². The first kappa shape index (κ1) is 14.2. The highest BCUT2D eigenvalue weighted by atomic mass is 35.5. The second-order valence-corrected chi connectivity index (χ2v) is 6.52. The van der Waals surface area contributed by atoms with Crippen molar-refractivity contribution in [3.05, 3.63) is 23.5 Å². The second-order valence-electron chi connectivity index (χ2n) is 6.09. The highest BCUT2D eigenvalue weighted by Gasteiger charge is 2.56. The third-order valence-electron chi connectivity index (χ3n) is 4.98. The number of aromatic nitrogens is 1. The van der Waals surface area contributed by atoms with E-state index in [4.69, 9.17) is 16.3 Å². The fraction of sp³-hybridized carbons (Fsp3) is 0.688. The topological polar surface area (TPSA) is 34.1 Å². The molecule has 2 atom stereocenters. The third-order valence-corrected chi connectivity index (χ3v) is 5.18. The number of hydrogen-bond acceptors (Lipinski definition) is 3. The van der Waals surface area contributed by atoms with Crippen molar-refractivity contribution in [3.63, 3.8) is 0 Å². The van der Waals surface area contributed by atoms with Gasteiger partial charge in [-0.3, -0.25) is 4.98 Å². The molecule has 0 radical (unpaired) electrons. The van der Waals surface area contributed by atoms with Crippen LogP contribution in [0.4, 0.5) is 0 Å². The van der Waals surface area contributed by atoms with Crippen LogP contribution in [-0.4, -0.2) is 23.7 Å². The molecule has 20 heavy (non-hydrogen) atoms. The van der Waals surface area contributed by atoms with Gasteiger partial charge in [-0.15, -0.1) is 0 Å². The molecule has 2 unspecified atom stereocenters. The number of nitrogens with one attached hydrogen (secondary N) is 1. The lowest BCUT2D eigenvalue weighted by atomic mass is 9.55. The number of halogens is 1. The molecule has 0 amide bonds. The minimum absolute atomic E-state index is 0.312. The molecule has 110 valence electrons. The molecule has 3 rings (SSSR count). The predicted molar refractivity (Wildman–Crippen MR) is 81.3 cm³/mol. The molecule has 0 aromatic carbocycles. The Kier molecular flexibility index (Phi) is 4.18. The molecule has 1 N–H and O–H groups in total. The van der Waals surface area contributed by atoms with Crippen molar-refractivity contribution in [2.24, 2.45) is 5.41 Å². The average Bonchev–Trinajstić information content (AvgIpc) is 2.47. The number of rotatable bonds is 4. The molecule has 0 bridgehead atoms. The Bertz CT molecular complexity index is 460. The van der Waals surface area contributed by atoms with Gasteiger partial charge in [-0.1, -0.05) is 37.8 Å². The Labute approximate surface area is 126 Å². The molecule has 1 spiro atoms. The smallest absolute Gasteiger partial charge is 0.139 e. The number of pyridine rings is 1. The summed E-state index contributed by atoms with van der Waals surface area (Å²) in [5.74, 6) is 0.808. The Morgan fingerprint density at radius 1 is 1.35 bits per heavy atom. The molecular formula is C16H23ClN2O. The Balaban J connectivity index is 1.73. The maximum atomic E-state index is 6.21. The highest BCUT2D eigenvalue weighted by molar-refractivity contribution is 6.30. The van der Waals surface area contributed by atoms with Crippen molar-refractivity contribution in [1.82, 2.24) is 10.3 Å². The van der Waals surface area contributed by atoms with Gasteiger partial charge in [0.05, 0.1) is 11.2 Å². The lowest BCUT2D eigenvalue weighted by Gasteiger charge is -2.57. The van der Waals surface area contributed by atoms with Crippen LogP contribution < -0.4 is 10.1 Å². The van der Waals surface area contributed by atoms with Gasteiger partial charge in [0.25, 0.3) is 0 Å². The molecule has 0 saturated heterocycles. The molecule has 4 heteroatoms. The van der Waals surface area contributed by atoms with E-state index in [-0.39, 0.29) is 0 Å². The van der Waals surface area contributed by atoms with Gasteiger partial charge in [-0.2, -0.15) is 0 Å². The van der Waals surface area contributed by atoms with Gasteiger partial charge in [-0.05, 0) is 19.4 Å². The van der Waals surface area contributed by atoms with Crippen molar-refractivity contribution in [2.75, 3.05) is 6.54 Å². The SMILES string of the molecule is CCNC1CC(Oc2cncc(Cl)c2)C12CCCCC2. The Morgan fingerprint density at radius 3 is 2.85 bits per heavy atom. The summed E-state index contributed by atoms with van der Waals surface area (Å²) >= 11 is 5.99. The monoisotopic (exact) mass is 294 g/mol. The minimum Gasteiger partial charge on any atom is -0.488 e. The van der Waals surface area contributed by atoms with Gasteiger partial charge in [0.1, 0.15) is 11.9 Å². The van der Waals surface area contributed by atoms with E-state index in [1.807, 2.05) is 6.07 Å². The largest absolute Gasteiger partial charge is 0.488 e. The van der Waals surface area contributed by atoms with E-state index in [0.717, 1.165) is 18.7 Å². The van der Waals surface area contributed by atoms with Gasteiger partial charge in [0, 0.05) is 30.1 Å². The molecule has 2 fully saturated rings. The summed E-state index contributed by atoms with van der Waals surface area (Å²) in [5, 5.41) is 4.29. The molecule has 1 heterocycles. The highest BCUT2D eigenvalue weighted by Crippen LogP contribution is 2.53. The predicted octanol–water partition coefficient (Wildman–Crippen LogP) is 3.81. The van der Waals surface area contributed by atoms with E-state index in [0.29, 0.717) is 22.6 Å². The molecular weight excluding hydrogens is 272 g/mol. The zero-order chi connectivity index (χ0) is 14.0. The second kappa shape index (κ2) is 5.90. The summed E-state index contributed by atoms with van der Waals surface area (Å²) < 4.78 is 6.21. The average molecular weight is 295 g/mol. The summed E-state index contributed by atoms with van der Waals surface area (Å²) in [6.07, 6.45) is 11.4. The molecule has 0 aliphatic heterocycles. The molecule has 1 aromatic rings. The van der Waals surface area contributed by atoms with Crippen LogP contribution in [0.3, 0.4) is 0 Å². The standard InChI is InChI=1S/C16H23ClN2O/c1-2-19-14-9-15(16(14)6-4-3-5-7-16)20-13-8-12(17)10-18-11-13/h8,10-11,14-15,19H,2-7,9H2,1H3. The van der Waals surface area contributed by atoms with E-state index in [2.05, 4.69) is 17.2 Å². The van der Waals surface area contributed by atoms with E-state index in [1.54, 1.807) is 12.4 Å². The summed E-state index contributed by atoms with van der Waals surface area (Å²) in [7, 11) is 0. The van der Waals surface area contributed by atoms with Gasteiger partial charge in [0.2, 0.25) is 0 Å². The van der Waals surface area contributed by atoms with Crippen LogP contribution in [0.5, 0.6) is 5.75 Å². The van der Waals surface area contributed by atoms with Crippen LogP contribution in [0.1, 0.15) is 45.4 Å². The van der Waals surface area contributed by atoms with E-state index in [9.17, 15) is 0 Å². The van der Waals surface area contributed by atoms with Gasteiger partial charge >= 0.3 is 0 Å². The molecule has 2 aliphatic rings. The van der Waals surface area contributed by atoms with Gasteiger partial charge in [0.15, 0.2) is 0 Å². The first-order valence-corrected chi connectivity index (χ1v) is 8.13. The summed E-state index contributed by atoms with van der Waals surface area (Å²) in [6, 6.07) is 2.48. The zero-order valence-corrected chi connectivity index (χ0v) is 12.8. The molecule has 3 nitrogen and oxygen atoms in total. The number of nitrogens with zero attached hydrogens (tertiary/aromatic N) is 1. The van der Waals surface area contributed by atoms with Crippen molar-refractivity contribution >= 4 is 11.6 Å². The quantitative estimate of drug-likeness (QED) is 0.917. The van der Waals surface area contributed by atoms with Crippen LogP contribution in [-0.2, 0) is 0 Å². The van der Waals surface area contributed by atoms with Gasteiger partial charge in [-0.25, -0.2) is 0 Å². The lowest BCUT2D eigenvalue weighted by Crippen LogP contribution is -2.65. The van der Waals surface area contributed by atoms with Crippen molar-refractivity contribution < 1.29 is 4.74 Å². The summed E-state index contributed by atoms with van der Waals surface area (Å²) in [6.45, 7) is 3.23. The Morgan fingerprint density at radius 2 is 2.15 bits per heavy atom. The van der Waals surface area contributed by atoms with Crippen LogP contribution in [0.2, 0.25) is 5.02 Å². The molecule has 2 aliphatic carbocycles. The lowest BCUT2D eigenvalue weighted by molar-refractivity contribution is -0.102. The first-order chi connectivity index (χ1) is 9.74. The molecule has 2 saturated carbocycles. The number of hydrogen-bond donors (Lipinski definition) is 1. The minimum atomic E-state index is 0.312. The summed E-state index contributed by atoms with van der Waals surface area (Å²) in [4.78, 5) is 4.11. The third kappa shape index (κ3) is 2.53. The van der Waals surface area contributed by atoms with Crippen molar-refractivity contribution in [3.8, 4) is 5.75 Å². The van der Waals surface area contributed by atoms with Crippen LogP contribution in [0.15, 0.2) is 18.5 Å². The van der Waals surface area contributed by atoms with E-state index in [1.165, 1.54) is 32.1 Å². The van der Waals surface area contributed by atoms with E-state index >= 15 is 0 Å². The molecule has 1 aromatic heterocycles.